The molecule has 0 radical (unpaired) electrons. The predicted molar refractivity (Wildman–Crippen MR) is 68.0 cm³/mol. The second-order valence-electron chi connectivity index (χ2n) is 6.16. The number of aliphatic hydroxyl groups is 1. The van der Waals surface area contributed by atoms with Gasteiger partial charge in [0, 0.05) is 0 Å². The average Bonchev–Trinajstić information content (AvgIpc) is 2.02. The highest BCUT2D eigenvalue weighted by Crippen LogP contribution is 2.45. The van der Waals surface area contributed by atoms with Crippen molar-refractivity contribution in [2.24, 2.45) is 10.8 Å². The van der Waals surface area contributed by atoms with Gasteiger partial charge < -0.3 is 5.11 Å². The molecule has 0 aromatic heterocycles. The molecule has 15 heavy (non-hydrogen) atoms. The molecule has 0 fully saturated rings. The van der Waals surface area contributed by atoms with Crippen molar-refractivity contribution < 1.29 is 5.11 Å². The van der Waals surface area contributed by atoms with Crippen LogP contribution in [0.5, 0.6) is 0 Å². The topological polar surface area (TPSA) is 20.2 Å². The van der Waals surface area contributed by atoms with Gasteiger partial charge in [0.15, 0.2) is 0 Å². The van der Waals surface area contributed by atoms with Crippen LogP contribution in [0.25, 0.3) is 0 Å². The third-order valence-corrected chi connectivity index (χ3v) is 4.07. The number of hydrogen-bond acceptors (Lipinski definition) is 1. The minimum atomic E-state index is -0.124. The lowest BCUT2D eigenvalue weighted by Crippen LogP contribution is -2.35. The van der Waals surface area contributed by atoms with Gasteiger partial charge in [-0.15, -0.1) is 0 Å². The Hall–Kier alpha value is -0.0400. The summed E-state index contributed by atoms with van der Waals surface area (Å²) in [6.45, 7) is 13.6. The van der Waals surface area contributed by atoms with Crippen LogP contribution < -0.4 is 0 Å². The summed E-state index contributed by atoms with van der Waals surface area (Å²) in [7, 11) is 0. The summed E-state index contributed by atoms with van der Waals surface area (Å²) in [4.78, 5) is 0. The molecule has 1 unspecified atom stereocenters. The van der Waals surface area contributed by atoms with Gasteiger partial charge in [-0.05, 0) is 30.1 Å². The molecule has 0 saturated carbocycles. The molecule has 0 aliphatic carbocycles. The highest BCUT2D eigenvalue weighted by Gasteiger charge is 2.37. The molecule has 0 spiro atoms. The summed E-state index contributed by atoms with van der Waals surface area (Å²) in [6.07, 6.45) is 5.27. The molecule has 0 saturated heterocycles. The quantitative estimate of drug-likeness (QED) is 0.666. The van der Waals surface area contributed by atoms with E-state index in [1.807, 2.05) is 0 Å². The first-order valence-electron chi connectivity index (χ1n) is 6.45. The van der Waals surface area contributed by atoms with Crippen LogP contribution in [0.3, 0.4) is 0 Å². The fourth-order valence-electron chi connectivity index (χ4n) is 2.26. The van der Waals surface area contributed by atoms with E-state index in [9.17, 15) is 5.11 Å². The third-order valence-electron chi connectivity index (χ3n) is 4.07. The Labute approximate surface area is 96.3 Å². The molecule has 0 bridgehead atoms. The summed E-state index contributed by atoms with van der Waals surface area (Å²) in [6, 6.07) is 0. The van der Waals surface area contributed by atoms with Crippen LogP contribution in [0.4, 0.5) is 0 Å². The van der Waals surface area contributed by atoms with E-state index < -0.39 is 0 Å². The predicted octanol–water partition coefficient (Wildman–Crippen LogP) is 4.39. The zero-order chi connectivity index (χ0) is 12.1. The van der Waals surface area contributed by atoms with Crippen molar-refractivity contribution >= 4 is 0 Å². The third kappa shape index (κ3) is 4.55. The maximum Gasteiger partial charge on any atom is 0.0545 e. The maximum atomic E-state index is 9.92. The average molecular weight is 214 g/mol. The number of aliphatic hydroxyl groups excluding tert-OH is 1. The normalized spacial score (nSPS) is 15.4. The van der Waals surface area contributed by atoms with Gasteiger partial charge in [-0.25, -0.2) is 0 Å². The van der Waals surface area contributed by atoms with E-state index in [-0.39, 0.29) is 11.5 Å². The first kappa shape index (κ1) is 15.0. The minimum Gasteiger partial charge on any atom is -0.393 e. The Morgan fingerprint density at radius 2 is 1.47 bits per heavy atom. The Balaban J connectivity index is 4.38. The van der Waals surface area contributed by atoms with E-state index in [4.69, 9.17) is 0 Å². The van der Waals surface area contributed by atoms with Crippen LogP contribution in [0.15, 0.2) is 0 Å². The van der Waals surface area contributed by atoms with Crippen LogP contribution in [-0.4, -0.2) is 11.2 Å². The number of rotatable bonds is 7. The smallest absolute Gasteiger partial charge is 0.0545 e. The van der Waals surface area contributed by atoms with Crippen molar-refractivity contribution in [3.63, 3.8) is 0 Å². The van der Waals surface area contributed by atoms with E-state index in [0.29, 0.717) is 5.41 Å². The highest BCUT2D eigenvalue weighted by atomic mass is 16.3. The summed E-state index contributed by atoms with van der Waals surface area (Å²) < 4.78 is 0. The van der Waals surface area contributed by atoms with Crippen molar-refractivity contribution in [3.8, 4) is 0 Å². The maximum absolute atomic E-state index is 9.92. The molecule has 0 heterocycles. The Bertz CT molecular complexity index is 170. The van der Waals surface area contributed by atoms with Gasteiger partial charge in [0.25, 0.3) is 0 Å². The number of hydrogen-bond donors (Lipinski definition) is 1. The van der Waals surface area contributed by atoms with Gasteiger partial charge in [-0.1, -0.05) is 54.4 Å². The van der Waals surface area contributed by atoms with E-state index in [1.165, 1.54) is 12.8 Å². The van der Waals surface area contributed by atoms with E-state index >= 15 is 0 Å². The minimum absolute atomic E-state index is 0.124. The van der Waals surface area contributed by atoms with Crippen LogP contribution in [0.1, 0.15) is 73.6 Å². The van der Waals surface area contributed by atoms with Crippen LogP contribution in [0.2, 0.25) is 0 Å². The fourth-order valence-corrected chi connectivity index (χ4v) is 2.26. The lowest BCUT2D eigenvalue weighted by Gasteiger charge is -2.43. The standard InChI is InChI=1S/C14H30O/c1-7-9-12(15)11-14(5,6)13(3,4)10-8-2/h12,15H,7-11H2,1-6H3. The Morgan fingerprint density at radius 3 is 1.87 bits per heavy atom. The van der Waals surface area contributed by atoms with E-state index in [1.54, 1.807) is 0 Å². The van der Waals surface area contributed by atoms with Gasteiger partial charge in [0.1, 0.15) is 0 Å². The summed E-state index contributed by atoms with van der Waals surface area (Å²) in [5.41, 5.74) is 0.536. The molecular weight excluding hydrogens is 184 g/mol. The summed E-state index contributed by atoms with van der Waals surface area (Å²) in [5.74, 6) is 0. The van der Waals surface area contributed by atoms with Crippen molar-refractivity contribution in [3.05, 3.63) is 0 Å². The van der Waals surface area contributed by atoms with Crippen molar-refractivity contribution in [1.82, 2.24) is 0 Å². The second kappa shape index (κ2) is 5.89. The van der Waals surface area contributed by atoms with Gasteiger partial charge >= 0.3 is 0 Å². The fraction of sp³-hybridized carbons (Fsp3) is 1.00. The van der Waals surface area contributed by atoms with Gasteiger partial charge in [0.2, 0.25) is 0 Å². The molecular formula is C14H30O. The molecule has 0 aromatic rings. The second-order valence-corrected chi connectivity index (χ2v) is 6.16. The van der Waals surface area contributed by atoms with Crippen LogP contribution >= 0.6 is 0 Å². The molecule has 1 N–H and O–H groups in total. The molecule has 0 rings (SSSR count). The van der Waals surface area contributed by atoms with Gasteiger partial charge in [0.05, 0.1) is 6.10 Å². The monoisotopic (exact) mass is 214 g/mol. The van der Waals surface area contributed by atoms with Gasteiger partial charge in [-0.3, -0.25) is 0 Å². The molecule has 0 aliphatic rings. The first-order valence-corrected chi connectivity index (χ1v) is 6.45. The molecule has 0 aliphatic heterocycles. The first-order chi connectivity index (χ1) is 6.77. The van der Waals surface area contributed by atoms with Crippen LogP contribution in [-0.2, 0) is 0 Å². The zero-order valence-corrected chi connectivity index (χ0v) is 11.6. The largest absolute Gasteiger partial charge is 0.393 e. The van der Waals surface area contributed by atoms with E-state index in [2.05, 4.69) is 41.5 Å². The van der Waals surface area contributed by atoms with Crippen molar-refractivity contribution in [2.45, 2.75) is 79.8 Å². The zero-order valence-electron chi connectivity index (χ0n) is 11.6. The molecule has 0 amide bonds. The lowest BCUT2D eigenvalue weighted by atomic mass is 9.63. The lowest BCUT2D eigenvalue weighted by molar-refractivity contribution is 0.0246. The van der Waals surface area contributed by atoms with Crippen LogP contribution in [0, 0.1) is 10.8 Å². The van der Waals surface area contributed by atoms with Crippen molar-refractivity contribution in [2.75, 3.05) is 0 Å². The molecule has 0 aromatic carbocycles. The van der Waals surface area contributed by atoms with Gasteiger partial charge in [-0.2, -0.15) is 0 Å². The molecule has 1 atom stereocenters. The summed E-state index contributed by atoms with van der Waals surface area (Å²) >= 11 is 0. The Kier molecular flexibility index (Phi) is 5.87. The highest BCUT2D eigenvalue weighted by molar-refractivity contribution is 4.87. The van der Waals surface area contributed by atoms with Crippen molar-refractivity contribution in [1.29, 1.82) is 0 Å². The van der Waals surface area contributed by atoms with E-state index in [0.717, 1.165) is 19.3 Å². The molecule has 92 valence electrons. The summed E-state index contributed by atoms with van der Waals surface area (Å²) in [5, 5.41) is 9.92. The molecule has 1 nitrogen and oxygen atoms in total. The SMILES string of the molecule is CCCC(O)CC(C)(C)C(C)(C)CCC. The molecule has 1 heteroatoms. The Morgan fingerprint density at radius 1 is 0.933 bits per heavy atom.